The first kappa shape index (κ1) is 25.4. The largest absolute Gasteiger partial charge is 0.356 e. The van der Waals surface area contributed by atoms with Crippen LogP contribution in [-0.2, 0) is 13.1 Å². The van der Waals surface area contributed by atoms with Gasteiger partial charge in [0.2, 0.25) is 0 Å². The average molecular weight is 537 g/mol. The summed E-state index contributed by atoms with van der Waals surface area (Å²) in [4.78, 5) is 18.8. The van der Waals surface area contributed by atoms with E-state index in [1.807, 2.05) is 19.3 Å². The van der Waals surface area contributed by atoms with Crippen LogP contribution in [0.25, 0.3) is 0 Å². The molecular weight excluding hydrogens is 501 g/mol. The van der Waals surface area contributed by atoms with Crippen molar-refractivity contribution in [3.8, 4) is 0 Å². The van der Waals surface area contributed by atoms with Gasteiger partial charge in [-0.25, -0.2) is 0 Å². The number of benzene rings is 1. The molecule has 0 amide bonds. The monoisotopic (exact) mass is 537 g/mol. The smallest absolute Gasteiger partial charge is 0.250 e. The number of piperidine rings is 1. The maximum absolute atomic E-state index is 11.8. The zero-order chi connectivity index (χ0) is 21.2. The van der Waals surface area contributed by atoms with Crippen LogP contribution in [0.3, 0.4) is 0 Å². The summed E-state index contributed by atoms with van der Waals surface area (Å²) < 4.78 is 1.71. The lowest BCUT2D eigenvalue weighted by molar-refractivity contribution is 0.159. The Bertz CT molecular complexity index is 865. The van der Waals surface area contributed by atoms with Crippen LogP contribution in [0.15, 0.2) is 58.4 Å². The minimum atomic E-state index is 0. The van der Waals surface area contributed by atoms with Gasteiger partial charge >= 0.3 is 0 Å². The fraction of sp³-hybridized carbons (Fsp3) is 0.500. The highest BCUT2D eigenvalue weighted by molar-refractivity contribution is 14.0. The zero-order valence-electron chi connectivity index (χ0n) is 18.7. The number of halogens is 1. The molecule has 0 saturated carbocycles. The molecule has 1 aromatic heterocycles. The Hall–Kier alpha value is -1.87. The van der Waals surface area contributed by atoms with E-state index in [9.17, 15) is 4.79 Å². The first-order chi connectivity index (χ1) is 14.7. The summed E-state index contributed by atoms with van der Waals surface area (Å²) in [5.41, 5.74) is 2.32. The van der Waals surface area contributed by atoms with Gasteiger partial charge in [-0.2, -0.15) is 0 Å². The molecule has 1 unspecified atom stereocenters. The Labute approximate surface area is 203 Å². The predicted molar refractivity (Wildman–Crippen MR) is 139 cm³/mol. The molecule has 3 rings (SSSR count). The van der Waals surface area contributed by atoms with Crippen LogP contribution in [0.4, 0.5) is 0 Å². The molecule has 2 aromatic rings. The van der Waals surface area contributed by atoms with Crippen LogP contribution in [-0.4, -0.2) is 48.2 Å². The number of aromatic nitrogens is 1. The van der Waals surface area contributed by atoms with Crippen molar-refractivity contribution >= 4 is 29.9 Å². The third kappa shape index (κ3) is 8.29. The first-order valence-corrected chi connectivity index (χ1v) is 11.1. The minimum Gasteiger partial charge on any atom is -0.356 e. The lowest BCUT2D eigenvalue weighted by Crippen LogP contribution is -2.41. The van der Waals surface area contributed by atoms with Gasteiger partial charge in [-0.3, -0.25) is 9.79 Å². The SMILES string of the molecule is CN=C(NCCCN1CCCCC1C)NCc1ccc(Cn2ccccc2=O)cc1.I. The summed E-state index contributed by atoms with van der Waals surface area (Å²) in [6.45, 7) is 6.96. The quantitative estimate of drug-likeness (QED) is 0.235. The normalized spacial score (nSPS) is 17.1. The number of nitrogens with zero attached hydrogens (tertiary/aromatic N) is 3. The van der Waals surface area contributed by atoms with Gasteiger partial charge in [0.05, 0.1) is 6.54 Å². The van der Waals surface area contributed by atoms with Crippen LogP contribution >= 0.6 is 24.0 Å². The van der Waals surface area contributed by atoms with E-state index >= 15 is 0 Å². The van der Waals surface area contributed by atoms with Gasteiger partial charge in [0, 0.05) is 45.0 Å². The highest BCUT2D eigenvalue weighted by Crippen LogP contribution is 2.16. The van der Waals surface area contributed by atoms with Crippen molar-refractivity contribution < 1.29 is 0 Å². The molecule has 170 valence electrons. The van der Waals surface area contributed by atoms with Gasteiger partial charge in [-0.05, 0) is 49.9 Å². The summed E-state index contributed by atoms with van der Waals surface area (Å²) in [6, 6.07) is 14.3. The third-order valence-corrected chi connectivity index (χ3v) is 5.81. The van der Waals surface area contributed by atoms with E-state index < -0.39 is 0 Å². The Kier molecular flexibility index (Phi) is 11.1. The second kappa shape index (κ2) is 13.5. The molecule has 2 N–H and O–H groups in total. The van der Waals surface area contributed by atoms with Crippen LogP contribution < -0.4 is 16.2 Å². The number of hydrogen-bond acceptors (Lipinski definition) is 3. The molecular formula is C24H36IN5O. The molecule has 1 fully saturated rings. The van der Waals surface area contributed by atoms with Crippen molar-refractivity contribution in [3.63, 3.8) is 0 Å². The number of hydrogen-bond donors (Lipinski definition) is 2. The van der Waals surface area contributed by atoms with E-state index in [-0.39, 0.29) is 29.5 Å². The second-order valence-electron chi connectivity index (χ2n) is 8.07. The standard InChI is InChI=1S/C24H35N5O.HI/c1-20-8-3-5-15-28(20)17-7-14-26-24(25-2)27-18-21-10-12-22(13-11-21)19-29-16-6-4-9-23(29)30;/h4,6,9-13,16,20H,3,5,7-8,14-15,17-19H2,1-2H3,(H2,25,26,27);1H. The number of rotatable bonds is 8. The van der Waals surface area contributed by atoms with Gasteiger partial charge in [0.15, 0.2) is 5.96 Å². The van der Waals surface area contributed by atoms with E-state index in [0.717, 1.165) is 37.1 Å². The van der Waals surface area contributed by atoms with E-state index in [2.05, 4.69) is 51.7 Å². The van der Waals surface area contributed by atoms with Gasteiger partial charge in [-0.1, -0.05) is 36.8 Å². The molecule has 1 atom stereocenters. The Morgan fingerprint density at radius 3 is 2.58 bits per heavy atom. The molecule has 1 aliphatic rings. The third-order valence-electron chi connectivity index (χ3n) is 5.81. The number of guanidine groups is 1. The lowest BCUT2D eigenvalue weighted by Gasteiger charge is -2.33. The molecule has 31 heavy (non-hydrogen) atoms. The Balaban J connectivity index is 0.00000341. The fourth-order valence-electron chi connectivity index (χ4n) is 3.94. The van der Waals surface area contributed by atoms with Crippen LogP contribution in [0.5, 0.6) is 0 Å². The molecule has 0 aliphatic carbocycles. The van der Waals surface area contributed by atoms with Crippen molar-refractivity contribution in [1.29, 1.82) is 0 Å². The van der Waals surface area contributed by atoms with E-state index in [1.54, 1.807) is 16.7 Å². The summed E-state index contributed by atoms with van der Waals surface area (Å²) in [7, 11) is 1.81. The Morgan fingerprint density at radius 1 is 1.10 bits per heavy atom. The van der Waals surface area contributed by atoms with Gasteiger partial charge in [-0.15, -0.1) is 24.0 Å². The molecule has 0 spiro atoms. The van der Waals surface area contributed by atoms with E-state index in [4.69, 9.17) is 0 Å². The van der Waals surface area contributed by atoms with Crippen molar-refractivity contribution in [1.82, 2.24) is 20.1 Å². The summed E-state index contributed by atoms with van der Waals surface area (Å²) in [5.74, 6) is 0.835. The molecule has 1 aromatic carbocycles. The lowest BCUT2D eigenvalue weighted by atomic mass is 10.0. The van der Waals surface area contributed by atoms with Gasteiger partial charge < -0.3 is 20.1 Å². The Morgan fingerprint density at radius 2 is 1.87 bits per heavy atom. The average Bonchev–Trinajstić information content (AvgIpc) is 2.77. The molecule has 7 heteroatoms. The van der Waals surface area contributed by atoms with Gasteiger partial charge in [0.25, 0.3) is 5.56 Å². The topological polar surface area (TPSA) is 61.7 Å². The van der Waals surface area contributed by atoms with Gasteiger partial charge in [0.1, 0.15) is 0 Å². The highest BCUT2D eigenvalue weighted by Gasteiger charge is 2.17. The van der Waals surface area contributed by atoms with Crippen molar-refractivity contribution in [2.24, 2.45) is 4.99 Å². The number of nitrogens with one attached hydrogen (secondary N) is 2. The second-order valence-corrected chi connectivity index (χ2v) is 8.07. The maximum atomic E-state index is 11.8. The summed E-state index contributed by atoms with van der Waals surface area (Å²) in [6.07, 6.45) is 6.98. The number of likely N-dealkylation sites (tertiary alicyclic amines) is 1. The van der Waals surface area contributed by atoms with Crippen LogP contribution in [0.2, 0.25) is 0 Å². The van der Waals surface area contributed by atoms with Crippen LogP contribution in [0, 0.1) is 0 Å². The maximum Gasteiger partial charge on any atom is 0.250 e. The van der Waals surface area contributed by atoms with Crippen molar-refractivity contribution in [2.75, 3.05) is 26.7 Å². The first-order valence-electron chi connectivity index (χ1n) is 11.1. The predicted octanol–water partition coefficient (Wildman–Crippen LogP) is 3.44. The molecule has 2 heterocycles. The van der Waals surface area contributed by atoms with E-state index in [0.29, 0.717) is 13.1 Å². The number of aliphatic imine (C=N–C) groups is 1. The molecule has 1 saturated heterocycles. The fourth-order valence-corrected chi connectivity index (χ4v) is 3.94. The zero-order valence-corrected chi connectivity index (χ0v) is 21.0. The number of pyridine rings is 1. The van der Waals surface area contributed by atoms with Crippen LogP contribution in [0.1, 0.15) is 43.7 Å². The molecule has 1 aliphatic heterocycles. The molecule has 6 nitrogen and oxygen atoms in total. The molecule has 0 radical (unpaired) electrons. The minimum absolute atomic E-state index is 0. The van der Waals surface area contributed by atoms with Crippen molar-refractivity contribution in [2.45, 2.75) is 51.7 Å². The molecule has 0 bridgehead atoms. The van der Waals surface area contributed by atoms with Crippen molar-refractivity contribution in [3.05, 3.63) is 70.1 Å². The summed E-state index contributed by atoms with van der Waals surface area (Å²) >= 11 is 0. The van der Waals surface area contributed by atoms with E-state index in [1.165, 1.54) is 31.4 Å². The summed E-state index contributed by atoms with van der Waals surface area (Å²) in [5, 5.41) is 6.80. The highest BCUT2D eigenvalue weighted by atomic mass is 127.